The number of aromatic amines is 1. The molecule has 2 atom stereocenters. The van der Waals surface area contributed by atoms with Gasteiger partial charge in [0, 0.05) is 37.1 Å². The number of nitrogens with zero attached hydrogens (tertiary/aromatic N) is 2. The summed E-state index contributed by atoms with van der Waals surface area (Å²) in [6.07, 6.45) is 3.58. The summed E-state index contributed by atoms with van der Waals surface area (Å²) in [4.78, 5) is 22.0. The molecule has 3 N–H and O–H groups in total. The van der Waals surface area contributed by atoms with E-state index in [0.717, 1.165) is 24.0 Å². The van der Waals surface area contributed by atoms with Crippen molar-refractivity contribution in [3.05, 3.63) is 60.4 Å². The number of H-pyrrole nitrogens is 1. The number of carbonyl (C=O) groups is 1. The first-order valence-corrected chi connectivity index (χ1v) is 8.90. The van der Waals surface area contributed by atoms with Gasteiger partial charge in [-0.3, -0.25) is 5.32 Å². The Kier molecular flexibility index (Phi) is 4.58. The van der Waals surface area contributed by atoms with Gasteiger partial charge in [0.1, 0.15) is 5.82 Å². The molecule has 1 aliphatic rings. The van der Waals surface area contributed by atoms with Gasteiger partial charge in [-0.25, -0.2) is 9.78 Å². The fraction of sp³-hybridized carbons (Fsp3) is 0.300. The van der Waals surface area contributed by atoms with Crippen LogP contribution in [0.3, 0.4) is 0 Å². The predicted molar refractivity (Wildman–Crippen MR) is 103 cm³/mol. The zero-order valence-electron chi connectivity index (χ0n) is 14.8. The number of aromatic nitrogens is 2. The normalized spacial score (nSPS) is 20.3. The van der Waals surface area contributed by atoms with Crippen LogP contribution >= 0.6 is 0 Å². The van der Waals surface area contributed by atoms with E-state index >= 15 is 0 Å². The largest absolute Gasteiger partial charge is 0.360 e. The number of fused-ring (bicyclic) bond motifs is 1. The number of amides is 2. The number of nitrogens with one attached hydrogen (secondary N) is 3. The number of likely N-dealkylation sites (tertiary alicyclic amines) is 1. The quantitative estimate of drug-likeness (QED) is 0.678. The molecule has 0 unspecified atom stereocenters. The van der Waals surface area contributed by atoms with Crippen molar-refractivity contribution < 1.29 is 4.79 Å². The molecule has 0 spiro atoms. The van der Waals surface area contributed by atoms with E-state index in [4.69, 9.17) is 0 Å². The first-order valence-electron chi connectivity index (χ1n) is 8.90. The van der Waals surface area contributed by atoms with E-state index in [9.17, 15) is 4.79 Å². The first kappa shape index (κ1) is 16.6. The number of benzene rings is 1. The maximum absolute atomic E-state index is 12.3. The molecule has 2 amide bonds. The molecular formula is C20H23N5O. The van der Waals surface area contributed by atoms with E-state index in [1.165, 1.54) is 5.56 Å². The fourth-order valence-electron chi connectivity index (χ4n) is 3.77. The highest BCUT2D eigenvalue weighted by molar-refractivity contribution is 5.91. The Balaban J connectivity index is 1.37. The standard InChI is InChI=1S/C20H23N5O/c1-25-12-16(17(13-25)14-5-3-2-4-6-14)10-23-20(26)24-19-9-15-7-8-21-18(15)11-22-19/h2-9,11,16-17,21H,10,12-13H2,1H3,(H2,22,23,24,26)/t16-,17+/m1/s1. The number of carbonyl (C=O) groups excluding carboxylic acids is 1. The summed E-state index contributed by atoms with van der Waals surface area (Å²) in [6, 6.07) is 14.1. The molecular weight excluding hydrogens is 326 g/mol. The van der Waals surface area contributed by atoms with Gasteiger partial charge in [0.15, 0.2) is 0 Å². The Labute approximate surface area is 152 Å². The Morgan fingerprint density at radius 3 is 2.96 bits per heavy atom. The molecule has 1 saturated heterocycles. The fourth-order valence-corrected chi connectivity index (χ4v) is 3.77. The Bertz CT molecular complexity index is 891. The molecule has 1 aromatic carbocycles. The molecule has 2 aromatic heterocycles. The number of pyridine rings is 1. The van der Waals surface area contributed by atoms with Gasteiger partial charge in [0.05, 0.1) is 11.7 Å². The van der Waals surface area contributed by atoms with Crippen molar-refractivity contribution in [3.8, 4) is 0 Å². The summed E-state index contributed by atoms with van der Waals surface area (Å²) in [5.41, 5.74) is 2.29. The highest BCUT2D eigenvalue weighted by Gasteiger charge is 2.31. The van der Waals surface area contributed by atoms with Crippen LogP contribution in [0.15, 0.2) is 54.9 Å². The van der Waals surface area contributed by atoms with Gasteiger partial charge in [0.2, 0.25) is 0 Å². The molecule has 1 fully saturated rings. The monoisotopic (exact) mass is 349 g/mol. The minimum Gasteiger partial charge on any atom is -0.360 e. The molecule has 26 heavy (non-hydrogen) atoms. The van der Waals surface area contributed by atoms with Crippen LogP contribution in [0, 0.1) is 5.92 Å². The van der Waals surface area contributed by atoms with Gasteiger partial charge < -0.3 is 15.2 Å². The first-order chi connectivity index (χ1) is 12.7. The number of anilines is 1. The van der Waals surface area contributed by atoms with E-state index in [-0.39, 0.29) is 6.03 Å². The summed E-state index contributed by atoms with van der Waals surface area (Å²) >= 11 is 0. The molecule has 0 bridgehead atoms. The van der Waals surface area contributed by atoms with Crippen molar-refractivity contribution in [3.63, 3.8) is 0 Å². The van der Waals surface area contributed by atoms with Crippen LogP contribution in [-0.2, 0) is 0 Å². The third-order valence-electron chi connectivity index (χ3n) is 5.06. The van der Waals surface area contributed by atoms with Gasteiger partial charge in [-0.1, -0.05) is 30.3 Å². The van der Waals surface area contributed by atoms with E-state index in [1.807, 2.05) is 24.4 Å². The van der Waals surface area contributed by atoms with E-state index in [1.54, 1.807) is 6.20 Å². The van der Waals surface area contributed by atoms with Crippen LogP contribution in [0.25, 0.3) is 10.9 Å². The average molecular weight is 349 g/mol. The molecule has 3 heterocycles. The topological polar surface area (TPSA) is 73.1 Å². The highest BCUT2D eigenvalue weighted by Crippen LogP contribution is 2.31. The second kappa shape index (κ2) is 7.17. The molecule has 134 valence electrons. The molecule has 3 aromatic rings. The number of urea groups is 1. The molecule has 6 nitrogen and oxygen atoms in total. The Hall–Kier alpha value is -2.86. The van der Waals surface area contributed by atoms with Crippen molar-refractivity contribution in [2.75, 3.05) is 32.0 Å². The number of rotatable bonds is 4. The highest BCUT2D eigenvalue weighted by atomic mass is 16.2. The molecule has 0 radical (unpaired) electrons. The van der Waals surface area contributed by atoms with Crippen LogP contribution in [0.4, 0.5) is 10.6 Å². The number of likely N-dealkylation sites (N-methyl/N-ethyl adjacent to an activating group) is 1. The molecule has 1 aliphatic heterocycles. The number of hydrogen-bond donors (Lipinski definition) is 3. The summed E-state index contributed by atoms with van der Waals surface area (Å²) in [5, 5.41) is 6.86. The van der Waals surface area contributed by atoms with E-state index < -0.39 is 0 Å². The lowest BCUT2D eigenvalue weighted by Crippen LogP contribution is -2.35. The summed E-state index contributed by atoms with van der Waals surface area (Å²) < 4.78 is 0. The van der Waals surface area contributed by atoms with Gasteiger partial charge in [-0.15, -0.1) is 0 Å². The van der Waals surface area contributed by atoms with Gasteiger partial charge in [-0.05, 0) is 30.7 Å². The Morgan fingerprint density at radius 2 is 2.12 bits per heavy atom. The van der Waals surface area contributed by atoms with Gasteiger partial charge >= 0.3 is 6.03 Å². The summed E-state index contributed by atoms with van der Waals surface area (Å²) in [6.45, 7) is 2.64. The Morgan fingerprint density at radius 1 is 1.27 bits per heavy atom. The second-order valence-corrected chi connectivity index (χ2v) is 6.97. The third kappa shape index (κ3) is 3.55. The van der Waals surface area contributed by atoms with Crippen LogP contribution in [-0.4, -0.2) is 47.6 Å². The van der Waals surface area contributed by atoms with Crippen molar-refractivity contribution in [2.45, 2.75) is 5.92 Å². The summed E-state index contributed by atoms with van der Waals surface area (Å²) in [7, 11) is 2.13. The third-order valence-corrected chi connectivity index (χ3v) is 5.06. The number of hydrogen-bond acceptors (Lipinski definition) is 3. The van der Waals surface area contributed by atoms with Gasteiger partial charge in [0.25, 0.3) is 0 Å². The van der Waals surface area contributed by atoms with Crippen LogP contribution in [0.2, 0.25) is 0 Å². The maximum Gasteiger partial charge on any atom is 0.320 e. The molecule has 6 heteroatoms. The van der Waals surface area contributed by atoms with Crippen molar-refractivity contribution >= 4 is 22.8 Å². The predicted octanol–water partition coefficient (Wildman–Crippen LogP) is 3.03. The minimum atomic E-state index is -0.214. The van der Waals surface area contributed by atoms with Crippen LogP contribution in [0.1, 0.15) is 11.5 Å². The van der Waals surface area contributed by atoms with Crippen LogP contribution in [0.5, 0.6) is 0 Å². The summed E-state index contributed by atoms with van der Waals surface area (Å²) in [5.74, 6) is 1.39. The molecule has 0 saturated carbocycles. The zero-order valence-corrected chi connectivity index (χ0v) is 14.8. The smallest absolute Gasteiger partial charge is 0.320 e. The van der Waals surface area contributed by atoms with Crippen molar-refractivity contribution in [1.29, 1.82) is 0 Å². The van der Waals surface area contributed by atoms with E-state index in [0.29, 0.717) is 24.2 Å². The van der Waals surface area contributed by atoms with Crippen molar-refractivity contribution in [1.82, 2.24) is 20.2 Å². The average Bonchev–Trinajstić information content (AvgIpc) is 3.26. The SMILES string of the molecule is CN1C[C@@H](CNC(=O)Nc2cc3cc[nH]c3cn2)[C@H](c2ccccc2)C1. The molecule has 0 aliphatic carbocycles. The van der Waals surface area contributed by atoms with Crippen LogP contribution < -0.4 is 10.6 Å². The second-order valence-electron chi connectivity index (χ2n) is 6.97. The zero-order chi connectivity index (χ0) is 17.9. The lowest BCUT2D eigenvalue weighted by Gasteiger charge is -2.19. The van der Waals surface area contributed by atoms with Crippen molar-refractivity contribution in [2.24, 2.45) is 5.92 Å². The van der Waals surface area contributed by atoms with E-state index in [2.05, 4.69) is 56.8 Å². The lowest BCUT2D eigenvalue weighted by molar-refractivity contribution is 0.249. The lowest BCUT2D eigenvalue weighted by atomic mass is 9.89. The molecule has 4 rings (SSSR count). The maximum atomic E-state index is 12.3. The minimum absolute atomic E-state index is 0.214. The van der Waals surface area contributed by atoms with Gasteiger partial charge in [-0.2, -0.15) is 0 Å².